The lowest BCUT2D eigenvalue weighted by Crippen LogP contribution is -2.05. The van der Waals surface area contributed by atoms with E-state index in [0.717, 1.165) is 17.2 Å². The molecular weight excluding hydrogens is 237 g/mol. The van der Waals surface area contributed by atoms with Gasteiger partial charge in [-0.05, 0) is 36.1 Å². The number of rotatable bonds is 2. The van der Waals surface area contributed by atoms with E-state index in [-0.39, 0.29) is 0 Å². The first-order valence-electron chi connectivity index (χ1n) is 5.53. The molecule has 0 aliphatic heterocycles. The highest BCUT2D eigenvalue weighted by molar-refractivity contribution is 5.36. The van der Waals surface area contributed by atoms with Gasteiger partial charge in [0.25, 0.3) is 0 Å². The van der Waals surface area contributed by atoms with E-state index in [4.69, 9.17) is 0 Å². The molecule has 0 aliphatic carbocycles. The summed E-state index contributed by atoms with van der Waals surface area (Å²) in [5.74, 6) is 0. The lowest BCUT2D eigenvalue weighted by molar-refractivity contribution is -0.137. The van der Waals surface area contributed by atoms with Gasteiger partial charge in [-0.1, -0.05) is 42.5 Å². The van der Waals surface area contributed by atoms with Gasteiger partial charge >= 0.3 is 6.18 Å². The van der Waals surface area contributed by atoms with E-state index in [0.29, 0.717) is 12.0 Å². The molecule has 0 aromatic heterocycles. The highest BCUT2D eigenvalue weighted by Gasteiger charge is 2.30. The topological polar surface area (TPSA) is 0 Å². The van der Waals surface area contributed by atoms with Crippen molar-refractivity contribution in [2.75, 3.05) is 0 Å². The zero-order valence-electron chi connectivity index (χ0n) is 9.67. The molecule has 0 spiro atoms. The van der Waals surface area contributed by atoms with E-state index in [2.05, 4.69) is 6.92 Å². The van der Waals surface area contributed by atoms with Crippen molar-refractivity contribution in [2.45, 2.75) is 12.6 Å². The van der Waals surface area contributed by atoms with Gasteiger partial charge in [0.2, 0.25) is 0 Å². The summed E-state index contributed by atoms with van der Waals surface area (Å²) in [4.78, 5) is 0. The Kier molecular flexibility index (Phi) is 3.41. The predicted octanol–water partition coefficient (Wildman–Crippen LogP) is 4.48. The van der Waals surface area contributed by atoms with Crippen LogP contribution in [0.5, 0.6) is 0 Å². The summed E-state index contributed by atoms with van der Waals surface area (Å²) < 4.78 is 37.7. The smallest absolute Gasteiger partial charge is 0.166 e. The van der Waals surface area contributed by atoms with Gasteiger partial charge < -0.3 is 0 Å². The fourth-order valence-electron chi connectivity index (χ4n) is 1.81. The summed E-state index contributed by atoms with van der Waals surface area (Å²) in [6.45, 7) is 3.87. The van der Waals surface area contributed by atoms with Gasteiger partial charge in [0.05, 0.1) is 5.56 Å². The number of alkyl halides is 3. The Hall–Kier alpha value is -1.77. The van der Waals surface area contributed by atoms with Crippen LogP contribution >= 0.6 is 0 Å². The van der Waals surface area contributed by atoms with Crippen LogP contribution < -0.4 is 0 Å². The molecule has 0 aliphatic rings. The lowest BCUT2D eigenvalue weighted by atomic mass is 9.99. The fraction of sp³-hybridized carbons (Fsp3) is 0.133. The first kappa shape index (κ1) is 12.7. The zero-order valence-corrected chi connectivity index (χ0v) is 9.67. The Morgan fingerprint density at radius 2 is 1.67 bits per heavy atom. The van der Waals surface area contributed by atoms with E-state index in [9.17, 15) is 13.2 Å². The first-order valence-corrected chi connectivity index (χ1v) is 5.53. The minimum atomic E-state index is -4.29. The molecular formula is C15H12F3. The average Bonchev–Trinajstić information content (AvgIpc) is 2.31. The van der Waals surface area contributed by atoms with Crippen LogP contribution in [0.15, 0.2) is 48.5 Å². The van der Waals surface area contributed by atoms with Crippen LogP contribution in [0.4, 0.5) is 13.2 Å². The van der Waals surface area contributed by atoms with Gasteiger partial charge in [0.15, 0.2) is 0 Å². The average molecular weight is 249 g/mol. The SMILES string of the molecule is [CH2]c1ccccc1Cc1cccc(C(F)(F)F)c1. The molecule has 2 aromatic carbocycles. The number of benzene rings is 2. The zero-order chi connectivity index (χ0) is 13.2. The van der Waals surface area contributed by atoms with Gasteiger partial charge in [0, 0.05) is 0 Å². The Morgan fingerprint density at radius 3 is 2.33 bits per heavy atom. The second kappa shape index (κ2) is 4.84. The molecule has 0 unspecified atom stereocenters. The number of hydrogen-bond donors (Lipinski definition) is 0. The van der Waals surface area contributed by atoms with Crippen LogP contribution in [0.1, 0.15) is 22.3 Å². The van der Waals surface area contributed by atoms with Crippen LogP contribution in [-0.2, 0) is 12.6 Å². The minimum Gasteiger partial charge on any atom is -0.166 e. The Morgan fingerprint density at radius 1 is 0.944 bits per heavy atom. The quantitative estimate of drug-likeness (QED) is 0.736. The van der Waals surface area contributed by atoms with Crippen molar-refractivity contribution in [1.82, 2.24) is 0 Å². The summed E-state index contributed by atoms with van der Waals surface area (Å²) >= 11 is 0. The third kappa shape index (κ3) is 2.92. The molecule has 18 heavy (non-hydrogen) atoms. The van der Waals surface area contributed by atoms with Crippen molar-refractivity contribution in [3.63, 3.8) is 0 Å². The van der Waals surface area contributed by atoms with Crippen molar-refractivity contribution in [3.8, 4) is 0 Å². The molecule has 2 rings (SSSR count). The van der Waals surface area contributed by atoms with Crippen molar-refractivity contribution in [2.24, 2.45) is 0 Å². The van der Waals surface area contributed by atoms with Gasteiger partial charge in [-0.25, -0.2) is 0 Å². The second-order valence-electron chi connectivity index (χ2n) is 4.14. The number of hydrogen-bond acceptors (Lipinski definition) is 0. The van der Waals surface area contributed by atoms with E-state index < -0.39 is 11.7 Å². The van der Waals surface area contributed by atoms with E-state index >= 15 is 0 Å². The van der Waals surface area contributed by atoms with Crippen LogP contribution in [0.3, 0.4) is 0 Å². The summed E-state index contributed by atoms with van der Waals surface area (Å²) in [5.41, 5.74) is 1.81. The standard InChI is InChI=1S/C15H12F3/c1-11-5-2-3-7-13(11)9-12-6-4-8-14(10-12)15(16,17)18/h2-8,10H,1,9H2. The third-order valence-corrected chi connectivity index (χ3v) is 2.77. The van der Waals surface area contributed by atoms with Crippen molar-refractivity contribution < 1.29 is 13.2 Å². The molecule has 0 nitrogen and oxygen atoms in total. The van der Waals surface area contributed by atoms with Crippen LogP contribution in [0, 0.1) is 6.92 Å². The summed E-state index contributed by atoms with van der Waals surface area (Å²) in [6.07, 6.45) is -3.83. The van der Waals surface area contributed by atoms with Crippen molar-refractivity contribution in [1.29, 1.82) is 0 Å². The van der Waals surface area contributed by atoms with E-state index in [1.165, 1.54) is 12.1 Å². The first-order chi connectivity index (χ1) is 8.47. The highest BCUT2D eigenvalue weighted by Crippen LogP contribution is 2.30. The van der Waals surface area contributed by atoms with E-state index in [1.807, 2.05) is 24.3 Å². The third-order valence-electron chi connectivity index (χ3n) is 2.77. The molecule has 0 bridgehead atoms. The van der Waals surface area contributed by atoms with Gasteiger partial charge in [-0.2, -0.15) is 13.2 Å². The highest BCUT2D eigenvalue weighted by atomic mass is 19.4. The molecule has 1 radical (unpaired) electrons. The van der Waals surface area contributed by atoms with Gasteiger partial charge in [0.1, 0.15) is 0 Å². The van der Waals surface area contributed by atoms with Crippen LogP contribution in [0.25, 0.3) is 0 Å². The minimum absolute atomic E-state index is 0.462. The summed E-state index contributed by atoms with van der Waals surface area (Å²) in [7, 11) is 0. The summed E-state index contributed by atoms with van der Waals surface area (Å²) in [5, 5.41) is 0. The van der Waals surface area contributed by atoms with Crippen LogP contribution in [-0.4, -0.2) is 0 Å². The van der Waals surface area contributed by atoms with Gasteiger partial charge in [-0.3, -0.25) is 0 Å². The predicted molar refractivity (Wildman–Crippen MR) is 65.2 cm³/mol. The Balaban J connectivity index is 2.28. The molecule has 2 aromatic rings. The largest absolute Gasteiger partial charge is 0.416 e. The normalized spacial score (nSPS) is 11.6. The molecule has 0 saturated heterocycles. The van der Waals surface area contributed by atoms with E-state index in [1.54, 1.807) is 6.07 Å². The van der Waals surface area contributed by atoms with Crippen molar-refractivity contribution in [3.05, 3.63) is 77.7 Å². The molecule has 0 fully saturated rings. The molecule has 0 atom stereocenters. The maximum absolute atomic E-state index is 12.6. The molecule has 0 saturated carbocycles. The second-order valence-corrected chi connectivity index (χ2v) is 4.14. The molecule has 0 N–H and O–H groups in total. The van der Waals surface area contributed by atoms with Gasteiger partial charge in [-0.15, -0.1) is 0 Å². The monoisotopic (exact) mass is 249 g/mol. The molecule has 3 heteroatoms. The fourth-order valence-corrected chi connectivity index (χ4v) is 1.81. The Labute approximate surface area is 104 Å². The summed E-state index contributed by atoms with van der Waals surface area (Å²) in [6, 6.07) is 12.8. The maximum Gasteiger partial charge on any atom is 0.416 e. The maximum atomic E-state index is 12.6. The molecule has 0 amide bonds. The van der Waals surface area contributed by atoms with Crippen molar-refractivity contribution >= 4 is 0 Å². The van der Waals surface area contributed by atoms with Crippen LogP contribution in [0.2, 0.25) is 0 Å². The Bertz CT molecular complexity index is 541. The lowest BCUT2D eigenvalue weighted by Gasteiger charge is -2.10. The number of halogens is 3. The molecule has 93 valence electrons. The molecule has 0 heterocycles.